The van der Waals surface area contributed by atoms with Gasteiger partial charge in [-0.25, -0.2) is 4.39 Å². The Kier molecular flexibility index (Phi) is 3.08. The summed E-state index contributed by atoms with van der Waals surface area (Å²) in [6.45, 7) is 0.596. The first-order chi connectivity index (χ1) is 8.74. The molecule has 0 N–H and O–H groups in total. The largest absolute Gasteiger partial charge is 0.492 e. The number of ether oxygens (including phenoxy) is 1. The Morgan fingerprint density at radius 2 is 2.06 bits per heavy atom. The Balaban J connectivity index is 1.68. The van der Waals surface area contributed by atoms with Gasteiger partial charge in [0.15, 0.2) is 0 Å². The quantitative estimate of drug-likeness (QED) is 0.821. The maximum atomic E-state index is 13.1. The summed E-state index contributed by atoms with van der Waals surface area (Å²) in [6, 6.07) is 12.9. The summed E-state index contributed by atoms with van der Waals surface area (Å²) < 4.78 is 19.6. The maximum Gasteiger partial charge on any atom is 0.136 e. The van der Waals surface area contributed by atoms with E-state index in [1.54, 1.807) is 6.07 Å². The van der Waals surface area contributed by atoms with E-state index in [4.69, 9.17) is 4.74 Å². The second kappa shape index (κ2) is 4.73. The molecular formula is C15H12BrFO. The van der Waals surface area contributed by atoms with E-state index >= 15 is 0 Å². The molecule has 0 spiro atoms. The zero-order valence-corrected chi connectivity index (χ0v) is 11.3. The average molecular weight is 307 g/mol. The van der Waals surface area contributed by atoms with E-state index in [0.717, 1.165) is 10.9 Å². The number of rotatable bonds is 3. The van der Waals surface area contributed by atoms with Crippen LogP contribution in [0.25, 0.3) is 0 Å². The van der Waals surface area contributed by atoms with Gasteiger partial charge in [0.05, 0.1) is 11.1 Å². The molecule has 0 fully saturated rings. The lowest BCUT2D eigenvalue weighted by Crippen LogP contribution is -2.23. The molecule has 0 radical (unpaired) electrons. The van der Waals surface area contributed by atoms with Crippen molar-refractivity contribution in [1.82, 2.24) is 0 Å². The van der Waals surface area contributed by atoms with Crippen molar-refractivity contribution >= 4 is 15.9 Å². The van der Waals surface area contributed by atoms with E-state index in [-0.39, 0.29) is 5.82 Å². The molecular weight excluding hydrogens is 295 g/mol. The number of hydrogen-bond acceptors (Lipinski definition) is 1. The lowest BCUT2D eigenvalue weighted by atomic mass is 9.78. The van der Waals surface area contributed by atoms with Crippen molar-refractivity contribution in [1.29, 1.82) is 0 Å². The highest BCUT2D eigenvalue weighted by atomic mass is 79.9. The van der Waals surface area contributed by atoms with Gasteiger partial charge in [0.1, 0.15) is 11.6 Å². The summed E-state index contributed by atoms with van der Waals surface area (Å²) in [7, 11) is 0. The van der Waals surface area contributed by atoms with Crippen LogP contribution in [-0.4, -0.2) is 6.61 Å². The zero-order valence-electron chi connectivity index (χ0n) is 9.70. The highest BCUT2D eigenvalue weighted by Crippen LogP contribution is 2.36. The number of halogens is 2. The van der Waals surface area contributed by atoms with Crippen molar-refractivity contribution in [2.45, 2.75) is 12.3 Å². The molecule has 1 unspecified atom stereocenters. The van der Waals surface area contributed by atoms with E-state index in [1.165, 1.54) is 23.3 Å². The van der Waals surface area contributed by atoms with E-state index in [9.17, 15) is 4.39 Å². The van der Waals surface area contributed by atoms with Gasteiger partial charge in [-0.1, -0.05) is 24.3 Å². The van der Waals surface area contributed by atoms with E-state index in [2.05, 4.69) is 34.1 Å². The lowest BCUT2D eigenvalue weighted by Gasteiger charge is -2.29. The van der Waals surface area contributed by atoms with Crippen LogP contribution < -0.4 is 4.74 Å². The molecule has 2 aromatic rings. The molecule has 1 nitrogen and oxygen atoms in total. The van der Waals surface area contributed by atoms with Crippen LogP contribution in [0.15, 0.2) is 46.9 Å². The van der Waals surface area contributed by atoms with Crippen molar-refractivity contribution in [2.24, 2.45) is 0 Å². The van der Waals surface area contributed by atoms with Gasteiger partial charge in [0.25, 0.3) is 0 Å². The third-order valence-electron chi connectivity index (χ3n) is 3.29. The molecule has 1 aliphatic rings. The fourth-order valence-corrected chi connectivity index (χ4v) is 2.65. The van der Waals surface area contributed by atoms with Crippen LogP contribution in [-0.2, 0) is 6.42 Å². The molecule has 0 heterocycles. The third-order valence-corrected chi connectivity index (χ3v) is 3.95. The molecule has 1 aliphatic carbocycles. The monoisotopic (exact) mass is 306 g/mol. The molecule has 0 saturated carbocycles. The minimum Gasteiger partial charge on any atom is -0.492 e. The summed E-state index contributed by atoms with van der Waals surface area (Å²) in [5, 5.41) is 0. The normalized spacial score (nSPS) is 16.9. The predicted octanol–water partition coefficient (Wildman–Crippen LogP) is 4.31. The van der Waals surface area contributed by atoms with Gasteiger partial charge >= 0.3 is 0 Å². The van der Waals surface area contributed by atoms with Crippen molar-refractivity contribution in [3.63, 3.8) is 0 Å². The van der Waals surface area contributed by atoms with Gasteiger partial charge in [-0.3, -0.25) is 0 Å². The van der Waals surface area contributed by atoms with Crippen molar-refractivity contribution in [3.8, 4) is 5.75 Å². The summed E-state index contributed by atoms with van der Waals surface area (Å²) >= 11 is 3.36. The third kappa shape index (κ3) is 2.15. The standard InChI is InChI=1S/C15H12BrFO/c16-14-6-5-12(17)8-15(14)18-9-11-7-10-3-1-2-4-13(10)11/h1-6,8,11H,7,9H2. The first-order valence-electron chi connectivity index (χ1n) is 5.89. The van der Waals surface area contributed by atoms with Gasteiger partial charge in [-0.2, -0.15) is 0 Å². The Hall–Kier alpha value is -1.35. The van der Waals surface area contributed by atoms with Crippen LogP contribution in [0.4, 0.5) is 4.39 Å². The summed E-state index contributed by atoms with van der Waals surface area (Å²) in [5.41, 5.74) is 2.74. The van der Waals surface area contributed by atoms with Crippen molar-refractivity contribution in [2.75, 3.05) is 6.61 Å². The van der Waals surface area contributed by atoms with Crippen LogP contribution in [0.5, 0.6) is 5.75 Å². The average Bonchev–Trinajstić information content (AvgIpc) is 2.34. The van der Waals surface area contributed by atoms with Crippen molar-refractivity contribution < 1.29 is 9.13 Å². The van der Waals surface area contributed by atoms with Crippen LogP contribution >= 0.6 is 15.9 Å². The number of benzene rings is 2. The van der Waals surface area contributed by atoms with Crippen LogP contribution in [0.1, 0.15) is 17.0 Å². The molecule has 0 saturated heterocycles. The van der Waals surface area contributed by atoms with E-state index in [0.29, 0.717) is 18.3 Å². The molecule has 92 valence electrons. The minimum atomic E-state index is -0.276. The Bertz CT molecular complexity index is 582. The Morgan fingerprint density at radius 1 is 1.22 bits per heavy atom. The molecule has 0 aromatic heterocycles. The van der Waals surface area contributed by atoms with Crippen molar-refractivity contribution in [3.05, 3.63) is 63.9 Å². The van der Waals surface area contributed by atoms with Gasteiger partial charge in [0, 0.05) is 12.0 Å². The fourth-order valence-electron chi connectivity index (χ4n) is 2.29. The number of fused-ring (bicyclic) bond motifs is 1. The summed E-state index contributed by atoms with van der Waals surface area (Å²) in [4.78, 5) is 0. The molecule has 0 amide bonds. The van der Waals surface area contributed by atoms with Gasteiger partial charge in [0.2, 0.25) is 0 Å². The molecule has 0 bridgehead atoms. The summed E-state index contributed by atoms with van der Waals surface area (Å²) in [5.74, 6) is 0.720. The SMILES string of the molecule is Fc1ccc(Br)c(OCC2Cc3ccccc32)c1. The molecule has 3 heteroatoms. The molecule has 18 heavy (non-hydrogen) atoms. The smallest absolute Gasteiger partial charge is 0.136 e. The number of hydrogen-bond donors (Lipinski definition) is 0. The molecule has 2 aromatic carbocycles. The van der Waals surface area contributed by atoms with E-state index in [1.807, 2.05) is 6.07 Å². The first-order valence-corrected chi connectivity index (χ1v) is 6.69. The second-order valence-corrected chi connectivity index (χ2v) is 5.34. The van der Waals surface area contributed by atoms with Gasteiger partial charge in [-0.05, 0) is 45.6 Å². The van der Waals surface area contributed by atoms with Crippen LogP contribution in [0.2, 0.25) is 0 Å². The fraction of sp³-hybridized carbons (Fsp3) is 0.200. The summed E-state index contributed by atoms with van der Waals surface area (Å²) in [6.07, 6.45) is 1.04. The Labute approximate surface area is 114 Å². The van der Waals surface area contributed by atoms with Gasteiger partial charge < -0.3 is 4.74 Å². The first kappa shape index (κ1) is 11.7. The van der Waals surface area contributed by atoms with Gasteiger partial charge in [-0.15, -0.1) is 0 Å². The molecule has 3 rings (SSSR count). The van der Waals surface area contributed by atoms with Crippen LogP contribution in [0, 0.1) is 5.82 Å². The van der Waals surface area contributed by atoms with E-state index < -0.39 is 0 Å². The molecule has 0 aliphatic heterocycles. The minimum absolute atomic E-state index is 0.276. The molecule has 1 atom stereocenters. The zero-order chi connectivity index (χ0) is 12.5. The topological polar surface area (TPSA) is 9.23 Å². The maximum absolute atomic E-state index is 13.1. The highest BCUT2D eigenvalue weighted by molar-refractivity contribution is 9.10. The second-order valence-electron chi connectivity index (χ2n) is 4.49. The lowest BCUT2D eigenvalue weighted by molar-refractivity contribution is 0.272. The highest BCUT2D eigenvalue weighted by Gasteiger charge is 2.26. The van der Waals surface area contributed by atoms with Crippen LogP contribution in [0.3, 0.4) is 0 Å². The predicted molar refractivity (Wildman–Crippen MR) is 72.5 cm³/mol. The Morgan fingerprint density at radius 3 is 2.89 bits per heavy atom.